The normalized spacial score (nSPS) is 23.7. The van der Waals surface area contributed by atoms with Gasteiger partial charge in [0.25, 0.3) is 0 Å². The second kappa shape index (κ2) is 9.64. The fourth-order valence-corrected chi connectivity index (χ4v) is 6.47. The topological polar surface area (TPSA) is 72.4 Å². The van der Waals surface area contributed by atoms with E-state index in [9.17, 15) is 17.6 Å². The molecule has 1 spiro atoms. The summed E-state index contributed by atoms with van der Waals surface area (Å²) in [7, 11) is 0. The summed E-state index contributed by atoms with van der Waals surface area (Å²) in [6.07, 6.45) is -0.145. The zero-order valence-electron chi connectivity index (χ0n) is 21.2. The highest BCUT2D eigenvalue weighted by atomic mass is 35.5. The van der Waals surface area contributed by atoms with Crippen LogP contribution in [0.5, 0.6) is 0 Å². The molecule has 3 aliphatic heterocycles. The number of rotatable bonds is 5. The molecule has 0 unspecified atom stereocenters. The van der Waals surface area contributed by atoms with E-state index in [1.54, 1.807) is 0 Å². The van der Waals surface area contributed by atoms with Crippen LogP contribution in [0.3, 0.4) is 0 Å². The van der Waals surface area contributed by atoms with Crippen molar-refractivity contribution in [1.82, 2.24) is 24.6 Å². The van der Waals surface area contributed by atoms with Crippen LogP contribution < -0.4 is 5.73 Å². The Kier molecular flexibility index (Phi) is 6.51. The van der Waals surface area contributed by atoms with Crippen molar-refractivity contribution in [2.75, 3.05) is 26.3 Å². The molecule has 39 heavy (non-hydrogen) atoms. The van der Waals surface area contributed by atoms with Gasteiger partial charge in [-0.25, -0.2) is 4.39 Å². The van der Waals surface area contributed by atoms with Crippen molar-refractivity contribution in [2.45, 2.75) is 50.5 Å². The maximum absolute atomic E-state index is 13.7. The number of nitrogens with zero attached hydrogens (tertiary/aromatic N) is 5. The Balaban J connectivity index is 1.15. The van der Waals surface area contributed by atoms with Crippen LogP contribution in [0.2, 0.25) is 5.02 Å². The molecule has 1 saturated carbocycles. The van der Waals surface area contributed by atoms with Gasteiger partial charge < -0.3 is 15.4 Å². The van der Waals surface area contributed by atoms with Gasteiger partial charge in [-0.05, 0) is 55.2 Å². The van der Waals surface area contributed by atoms with Crippen molar-refractivity contribution in [3.8, 4) is 5.69 Å². The molecule has 0 amide bonds. The van der Waals surface area contributed by atoms with Gasteiger partial charge in [-0.3, -0.25) is 9.47 Å². The maximum Gasteiger partial charge on any atom is 0.433 e. The zero-order chi connectivity index (χ0) is 27.5. The minimum absolute atomic E-state index is 0.0774. The number of hydrogen-bond donors (Lipinski definition) is 1. The molecule has 0 bridgehead atoms. The molecule has 2 N–H and O–H groups in total. The molecule has 4 heterocycles. The van der Waals surface area contributed by atoms with E-state index in [0.29, 0.717) is 43.0 Å². The fourth-order valence-electron chi connectivity index (χ4n) is 6.28. The summed E-state index contributed by atoms with van der Waals surface area (Å²) in [5.41, 5.74) is 5.80. The minimum atomic E-state index is -4.91. The number of benzene rings is 1. The number of nitrogens with two attached hydrogens (primary N) is 1. The SMILES string of the molecule is C=C(/C=C\C(F)=C(/N)C(F)(F)F)N1CC2(CC(c3nnc4n3-c3ccc(Cl)cc3CN([C@@H]3CCOC3)C4)C2)C1. The number of aromatic nitrogens is 3. The Labute approximate surface area is 228 Å². The molecule has 12 heteroatoms. The summed E-state index contributed by atoms with van der Waals surface area (Å²) >= 11 is 6.38. The highest BCUT2D eigenvalue weighted by molar-refractivity contribution is 6.30. The molecule has 3 fully saturated rings. The first-order valence-electron chi connectivity index (χ1n) is 12.9. The van der Waals surface area contributed by atoms with Crippen LogP contribution in [0, 0.1) is 5.41 Å². The Morgan fingerprint density at radius 1 is 1.18 bits per heavy atom. The van der Waals surface area contributed by atoms with Crippen LogP contribution in [-0.4, -0.2) is 63.1 Å². The van der Waals surface area contributed by atoms with Crippen molar-refractivity contribution >= 4 is 11.6 Å². The summed E-state index contributed by atoms with van der Waals surface area (Å²) in [6, 6.07) is 6.28. The van der Waals surface area contributed by atoms with Crippen LogP contribution in [0.1, 0.15) is 42.4 Å². The van der Waals surface area contributed by atoms with Crippen molar-refractivity contribution in [3.63, 3.8) is 0 Å². The molecule has 7 nitrogen and oxygen atoms in total. The molecule has 6 rings (SSSR count). The van der Waals surface area contributed by atoms with Crippen molar-refractivity contribution in [1.29, 1.82) is 0 Å². The Morgan fingerprint density at radius 3 is 2.64 bits per heavy atom. The summed E-state index contributed by atoms with van der Waals surface area (Å²) in [6.45, 7) is 8.19. The third kappa shape index (κ3) is 4.85. The molecule has 2 aromatic rings. The molecule has 1 atom stereocenters. The predicted molar refractivity (Wildman–Crippen MR) is 137 cm³/mol. The first-order chi connectivity index (χ1) is 18.5. The standard InChI is InChI=1S/C27H29ClF4N6O/c1-16(2-4-21(29)24(33)27(30,31)32)37-14-26(15-37)9-18(10-26)25-35-34-23-12-36(20-6-7-39-13-20)11-17-8-19(28)3-5-22(17)38(23)25/h2-5,8,18,20H,1,6-7,9-15,33H2/b4-2-,24-21+/t20-/m1/s1. The maximum atomic E-state index is 13.7. The zero-order valence-corrected chi connectivity index (χ0v) is 22.0. The fraction of sp³-hybridized carbons (Fsp3) is 0.481. The van der Waals surface area contributed by atoms with Crippen LogP contribution in [0.4, 0.5) is 17.6 Å². The van der Waals surface area contributed by atoms with E-state index in [-0.39, 0.29) is 11.3 Å². The monoisotopic (exact) mass is 564 g/mol. The number of alkyl halides is 3. The number of halogens is 5. The Hall–Kier alpha value is -2.89. The number of hydrogen-bond acceptors (Lipinski definition) is 6. The molecule has 208 valence electrons. The number of allylic oxidation sites excluding steroid dienone is 4. The molecule has 0 radical (unpaired) electrons. The van der Waals surface area contributed by atoms with E-state index in [0.717, 1.165) is 61.4 Å². The van der Waals surface area contributed by atoms with Gasteiger partial charge in [-0.1, -0.05) is 18.2 Å². The number of ether oxygens (including phenoxy) is 1. The Morgan fingerprint density at radius 2 is 1.95 bits per heavy atom. The molecule has 2 saturated heterocycles. The second-order valence-corrected chi connectivity index (χ2v) is 11.5. The molecule has 1 aliphatic carbocycles. The average Bonchev–Trinajstić information content (AvgIpc) is 3.47. The highest BCUT2D eigenvalue weighted by Gasteiger charge is 2.54. The lowest BCUT2D eigenvalue weighted by atomic mass is 9.57. The Bertz CT molecular complexity index is 1350. The average molecular weight is 565 g/mol. The largest absolute Gasteiger partial charge is 0.433 e. The number of fused-ring (bicyclic) bond motifs is 3. The van der Waals surface area contributed by atoms with Crippen LogP contribution in [0.25, 0.3) is 5.69 Å². The summed E-state index contributed by atoms with van der Waals surface area (Å²) < 4.78 is 59.3. The van der Waals surface area contributed by atoms with E-state index in [1.165, 1.54) is 6.08 Å². The molecule has 4 aliphatic rings. The van der Waals surface area contributed by atoms with Crippen molar-refractivity contribution in [3.05, 3.63) is 76.4 Å². The molecular weight excluding hydrogens is 536 g/mol. The van der Waals surface area contributed by atoms with Gasteiger partial charge in [0.1, 0.15) is 11.5 Å². The van der Waals surface area contributed by atoms with Gasteiger partial charge in [0.15, 0.2) is 11.7 Å². The summed E-state index contributed by atoms with van der Waals surface area (Å²) in [4.78, 5) is 4.33. The van der Waals surface area contributed by atoms with E-state index < -0.39 is 17.7 Å². The van der Waals surface area contributed by atoms with E-state index in [2.05, 4.69) is 26.2 Å². The van der Waals surface area contributed by atoms with Gasteiger partial charge in [0.2, 0.25) is 0 Å². The molecule has 1 aromatic heterocycles. The van der Waals surface area contributed by atoms with Gasteiger partial charge >= 0.3 is 6.18 Å². The van der Waals surface area contributed by atoms with Gasteiger partial charge in [-0.2, -0.15) is 13.2 Å². The molecule has 1 aromatic carbocycles. The smallest absolute Gasteiger partial charge is 0.392 e. The lowest BCUT2D eigenvalue weighted by Gasteiger charge is -2.59. The van der Waals surface area contributed by atoms with Crippen LogP contribution >= 0.6 is 11.6 Å². The second-order valence-electron chi connectivity index (χ2n) is 11.1. The number of likely N-dealkylation sites (tertiary alicyclic amines) is 1. The van der Waals surface area contributed by atoms with E-state index in [1.807, 2.05) is 23.1 Å². The van der Waals surface area contributed by atoms with Crippen LogP contribution in [0.15, 0.2) is 54.2 Å². The first kappa shape index (κ1) is 26.3. The predicted octanol–water partition coefficient (Wildman–Crippen LogP) is 4.98. The van der Waals surface area contributed by atoms with Gasteiger partial charge in [0, 0.05) is 54.3 Å². The summed E-state index contributed by atoms with van der Waals surface area (Å²) in [5, 5.41) is 9.93. The van der Waals surface area contributed by atoms with Crippen molar-refractivity contribution in [2.24, 2.45) is 11.1 Å². The third-order valence-corrected chi connectivity index (χ3v) is 8.58. The highest BCUT2D eigenvalue weighted by Crippen LogP contribution is 2.56. The van der Waals surface area contributed by atoms with Crippen molar-refractivity contribution < 1.29 is 22.3 Å². The first-order valence-corrected chi connectivity index (χ1v) is 13.3. The third-order valence-electron chi connectivity index (χ3n) is 8.34. The van der Waals surface area contributed by atoms with Gasteiger partial charge in [0.05, 0.1) is 18.8 Å². The minimum Gasteiger partial charge on any atom is -0.392 e. The molecular formula is C27H29ClF4N6O. The van der Waals surface area contributed by atoms with Crippen LogP contribution in [-0.2, 0) is 17.8 Å². The lowest BCUT2D eigenvalue weighted by Crippen LogP contribution is -2.60. The summed E-state index contributed by atoms with van der Waals surface area (Å²) in [5.74, 6) is 0.557. The quantitative estimate of drug-likeness (QED) is 0.408. The van der Waals surface area contributed by atoms with Gasteiger partial charge in [-0.15, -0.1) is 10.2 Å². The lowest BCUT2D eigenvalue weighted by molar-refractivity contribution is -0.0942. The van der Waals surface area contributed by atoms with E-state index >= 15 is 0 Å². The van der Waals surface area contributed by atoms with E-state index in [4.69, 9.17) is 22.1 Å².